The molecule has 2 aromatic rings. The van der Waals surface area contributed by atoms with Crippen LogP contribution in [0.15, 0.2) is 52.8 Å². The Kier molecular flexibility index (Phi) is 8.84. The Hall–Kier alpha value is -2.34. The predicted molar refractivity (Wildman–Crippen MR) is 114 cm³/mol. The number of benzene rings is 1. The molecule has 0 saturated heterocycles. The van der Waals surface area contributed by atoms with Gasteiger partial charge in [-0.25, -0.2) is 0 Å². The molecule has 0 bridgehead atoms. The van der Waals surface area contributed by atoms with E-state index in [1.807, 2.05) is 42.2 Å². The van der Waals surface area contributed by atoms with Crippen LogP contribution in [0.5, 0.6) is 0 Å². The number of thiophene rings is 1. The van der Waals surface area contributed by atoms with E-state index in [1.54, 1.807) is 18.4 Å². The molecule has 0 aliphatic carbocycles. The largest absolute Gasteiger partial charge is 0.356 e. The van der Waals surface area contributed by atoms with Gasteiger partial charge in [-0.2, -0.15) is 0 Å². The van der Waals surface area contributed by atoms with Crippen molar-refractivity contribution in [1.82, 2.24) is 15.5 Å². The van der Waals surface area contributed by atoms with Crippen LogP contribution >= 0.6 is 11.3 Å². The number of hydrogen-bond donors (Lipinski definition) is 2. The predicted octanol–water partition coefficient (Wildman–Crippen LogP) is 3.14. The Morgan fingerprint density at radius 3 is 2.59 bits per heavy atom. The van der Waals surface area contributed by atoms with E-state index in [4.69, 9.17) is 0 Å². The number of nitrogens with zero attached hydrogens (tertiary/aromatic N) is 2. The molecule has 0 radical (unpaired) electrons. The maximum atomic E-state index is 12.5. The van der Waals surface area contributed by atoms with Gasteiger partial charge in [0, 0.05) is 31.6 Å². The molecule has 1 unspecified atom stereocenters. The Balaban J connectivity index is 1.75. The van der Waals surface area contributed by atoms with Gasteiger partial charge in [-0.05, 0) is 36.3 Å². The van der Waals surface area contributed by atoms with Gasteiger partial charge in [-0.15, -0.1) is 11.3 Å². The zero-order chi connectivity index (χ0) is 19.5. The van der Waals surface area contributed by atoms with Crippen LogP contribution < -0.4 is 10.6 Å². The van der Waals surface area contributed by atoms with Gasteiger partial charge in [0.05, 0.1) is 6.54 Å². The minimum atomic E-state index is 0.0657. The molecule has 1 heterocycles. The maximum absolute atomic E-state index is 12.5. The summed E-state index contributed by atoms with van der Waals surface area (Å²) in [5, 5.41) is 8.56. The molecule has 0 aliphatic heterocycles. The lowest BCUT2D eigenvalue weighted by Gasteiger charge is -2.22. The molecule has 6 heteroatoms. The maximum Gasteiger partial charge on any atom is 0.242 e. The lowest BCUT2D eigenvalue weighted by Crippen LogP contribution is -2.45. The van der Waals surface area contributed by atoms with E-state index in [1.165, 1.54) is 4.88 Å². The van der Waals surface area contributed by atoms with Gasteiger partial charge in [-0.3, -0.25) is 9.79 Å². The lowest BCUT2D eigenvalue weighted by molar-refractivity contribution is -0.130. The highest BCUT2D eigenvalue weighted by Crippen LogP contribution is 2.13. The second-order valence-corrected chi connectivity index (χ2v) is 7.62. The molecular formula is C21H30N4OS. The van der Waals surface area contributed by atoms with Crippen LogP contribution in [0.3, 0.4) is 0 Å². The number of aliphatic imine (C=N–C) groups is 1. The Bertz CT molecular complexity index is 700. The van der Waals surface area contributed by atoms with Crippen molar-refractivity contribution in [3.63, 3.8) is 0 Å². The first-order chi connectivity index (χ1) is 13.1. The third-order valence-electron chi connectivity index (χ3n) is 4.33. The molecule has 1 amide bonds. The molecule has 1 atom stereocenters. The van der Waals surface area contributed by atoms with Crippen molar-refractivity contribution in [2.75, 3.05) is 26.7 Å². The van der Waals surface area contributed by atoms with Crippen molar-refractivity contribution in [2.24, 2.45) is 10.9 Å². The molecule has 2 rings (SSSR count). The van der Waals surface area contributed by atoms with E-state index in [-0.39, 0.29) is 12.5 Å². The molecule has 1 aromatic carbocycles. The van der Waals surface area contributed by atoms with Crippen molar-refractivity contribution in [2.45, 2.75) is 26.8 Å². The number of nitrogens with one attached hydrogen (secondary N) is 2. The Morgan fingerprint density at radius 2 is 1.96 bits per heavy atom. The van der Waals surface area contributed by atoms with E-state index in [2.05, 4.69) is 40.1 Å². The number of guanidine groups is 1. The molecule has 5 nitrogen and oxygen atoms in total. The van der Waals surface area contributed by atoms with Crippen molar-refractivity contribution in [1.29, 1.82) is 0 Å². The van der Waals surface area contributed by atoms with Gasteiger partial charge in [0.25, 0.3) is 0 Å². The van der Waals surface area contributed by atoms with Crippen molar-refractivity contribution < 1.29 is 4.79 Å². The fourth-order valence-electron chi connectivity index (χ4n) is 2.79. The monoisotopic (exact) mass is 386 g/mol. The first kappa shape index (κ1) is 21.0. The van der Waals surface area contributed by atoms with Gasteiger partial charge in [0.2, 0.25) is 5.91 Å². The van der Waals surface area contributed by atoms with Crippen molar-refractivity contribution >= 4 is 23.2 Å². The first-order valence-electron chi connectivity index (χ1n) is 9.41. The normalized spacial score (nSPS) is 12.5. The number of amides is 1. The van der Waals surface area contributed by atoms with Gasteiger partial charge >= 0.3 is 0 Å². The molecule has 146 valence electrons. The average molecular weight is 387 g/mol. The van der Waals surface area contributed by atoms with Crippen LogP contribution in [0.4, 0.5) is 0 Å². The molecule has 0 fully saturated rings. The summed E-state index contributed by atoms with van der Waals surface area (Å²) in [4.78, 5) is 20.0. The quantitative estimate of drug-likeness (QED) is 0.514. The van der Waals surface area contributed by atoms with Crippen LogP contribution in [0.2, 0.25) is 0 Å². The number of carbonyl (C=O) groups excluding carboxylic acids is 1. The van der Waals surface area contributed by atoms with Gasteiger partial charge in [0.1, 0.15) is 0 Å². The third kappa shape index (κ3) is 7.43. The average Bonchev–Trinajstić information content (AvgIpc) is 3.19. The smallest absolute Gasteiger partial charge is 0.242 e. The van der Waals surface area contributed by atoms with E-state index in [0.29, 0.717) is 25.0 Å². The number of likely N-dealkylation sites (N-methyl/N-ethyl adjacent to an activating group) is 1. The molecule has 0 aliphatic rings. The standard InChI is InChI=1S/C21H30N4OS/c1-4-25(16-18-9-6-5-7-10-18)20(26)15-24-21(22-3)23-14-17(2)13-19-11-8-12-27-19/h5-12,17H,4,13-16H2,1-3H3,(H2,22,23,24). The van der Waals surface area contributed by atoms with Crippen LogP contribution in [-0.2, 0) is 17.8 Å². The topological polar surface area (TPSA) is 56.7 Å². The number of carbonyl (C=O) groups is 1. The van der Waals surface area contributed by atoms with Crippen LogP contribution in [0.1, 0.15) is 24.3 Å². The second kappa shape index (κ2) is 11.4. The number of hydrogen-bond acceptors (Lipinski definition) is 3. The molecule has 0 spiro atoms. The summed E-state index contributed by atoms with van der Waals surface area (Å²) in [7, 11) is 1.73. The van der Waals surface area contributed by atoms with Crippen LogP contribution in [-0.4, -0.2) is 43.4 Å². The highest BCUT2D eigenvalue weighted by Gasteiger charge is 2.13. The van der Waals surface area contributed by atoms with E-state index in [9.17, 15) is 4.79 Å². The van der Waals surface area contributed by atoms with Gasteiger partial charge in [0.15, 0.2) is 5.96 Å². The summed E-state index contributed by atoms with van der Waals surface area (Å²) >= 11 is 1.79. The SMILES string of the molecule is CCN(Cc1ccccc1)C(=O)CNC(=NC)NCC(C)Cc1cccs1. The molecule has 2 N–H and O–H groups in total. The highest BCUT2D eigenvalue weighted by atomic mass is 32.1. The summed E-state index contributed by atoms with van der Waals surface area (Å²) in [5.41, 5.74) is 1.14. The molecule has 0 saturated carbocycles. The van der Waals surface area contributed by atoms with E-state index >= 15 is 0 Å². The minimum absolute atomic E-state index is 0.0657. The van der Waals surface area contributed by atoms with Crippen LogP contribution in [0.25, 0.3) is 0 Å². The number of rotatable bonds is 9. The van der Waals surface area contributed by atoms with Crippen molar-refractivity contribution in [3.05, 3.63) is 58.3 Å². The summed E-state index contributed by atoms with van der Waals surface area (Å²) in [5.74, 6) is 1.22. The zero-order valence-corrected chi connectivity index (χ0v) is 17.3. The summed E-state index contributed by atoms with van der Waals surface area (Å²) in [6.07, 6.45) is 1.04. The summed E-state index contributed by atoms with van der Waals surface area (Å²) < 4.78 is 0. The summed E-state index contributed by atoms with van der Waals surface area (Å²) in [6, 6.07) is 14.3. The Labute approximate surface area is 166 Å². The second-order valence-electron chi connectivity index (χ2n) is 6.59. The first-order valence-corrected chi connectivity index (χ1v) is 10.3. The molecule has 1 aromatic heterocycles. The fourth-order valence-corrected chi connectivity index (χ4v) is 3.66. The van der Waals surface area contributed by atoms with Gasteiger partial charge < -0.3 is 15.5 Å². The third-order valence-corrected chi connectivity index (χ3v) is 5.23. The Morgan fingerprint density at radius 1 is 1.19 bits per heavy atom. The lowest BCUT2D eigenvalue weighted by atomic mass is 10.1. The minimum Gasteiger partial charge on any atom is -0.356 e. The zero-order valence-electron chi connectivity index (χ0n) is 16.4. The summed E-state index contributed by atoms with van der Waals surface area (Å²) in [6.45, 7) is 6.57. The van der Waals surface area contributed by atoms with Gasteiger partial charge in [-0.1, -0.05) is 43.3 Å². The highest BCUT2D eigenvalue weighted by molar-refractivity contribution is 7.09. The fraction of sp³-hybridized carbons (Fsp3) is 0.429. The van der Waals surface area contributed by atoms with E-state index < -0.39 is 0 Å². The van der Waals surface area contributed by atoms with Crippen LogP contribution in [0, 0.1) is 5.92 Å². The van der Waals surface area contributed by atoms with E-state index in [0.717, 1.165) is 18.5 Å². The van der Waals surface area contributed by atoms with Crippen molar-refractivity contribution in [3.8, 4) is 0 Å². The molecular weight excluding hydrogens is 356 g/mol. The molecule has 27 heavy (non-hydrogen) atoms.